The molecule has 136 valence electrons. The summed E-state index contributed by atoms with van der Waals surface area (Å²) >= 11 is 12.1. The number of nitrogens with two attached hydrogens (primary N) is 1. The summed E-state index contributed by atoms with van der Waals surface area (Å²) < 4.78 is 10.8. The van der Waals surface area contributed by atoms with Crippen LogP contribution in [0.5, 0.6) is 11.5 Å². The van der Waals surface area contributed by atoms with Gasteiger partial charge in [-0.1, -0.05) is 35.3 Å². The zero-order chi connectivity index (χ0) is 17.5. The Labute approximate surface area is 174 Å². The number of guanidine groups is 1. The van der Waals surface area contributed by atoms with Gasteiger partial charge in [-0.15, -0.1) is 24.0 Å². The van der Waals surface area contributed by atoms with Crippen molar-refractivity contribution in [3.63, 3.8) is 0 Å². The Morgan fingerprint density at radius 3 is 2.52 bits per heavy atom. The summed E-state index contributed by atoms with van der Waals surface area (Å²) in [6, 6.07) is 12.6. The third-order valence-electron chi connectivity index (χ3n) is 3.11. The molecule has 1 unspecified atom stereocenters. The summed E-state index contributed by atoms with van der Waals surface area (Å²) in [5, 5.41) is 4.02. The van der Waals surface area contributed by atoms with Crippen molar-refractivity contribution in [1.29, 1.82) is 0 Å². The van der Waals surface area contributed by atoms with Crippen molar-refractivity contribution in [2.24, 2.45) is 10.7 Å². The smallest absolute Gasteiger partial charge is 0.193 e. The van der Waals surface area contributed by atoms with E-state index in [2.05, 4.69) is 10.3 Å². The normalized spacial score (nSPS) is 12.1. The molecule has 0 aromatic heterocycles. The lowest BCUT2D eigenvalue weighted by molar-refractivity contribution is 0.230. The fraction of sp³-hybridized carbons (Fsp3) is 0.235. The second-order valence-electron chi connectivity index (χ2n) is 5.06. The number of methoxy groups -OCH3 is 1. The van der Waals surface area contributed by atoms with Crippen LogP contribution >= 0.6 is 47.2 Å². The summed E-state index contributed by atoms with van der Waals surface area (Å²) in [4.78, 5) is 4.26. The molecule has 0 aliphatic heterocycles. The number of nitrogens with zero attached hydrogens (tertiary/aromatic N) is 1. The Balaban J connectivity index is 0.00000312. The molecule has 8 heteroatoms. The zero-order valence-corrected chi connectivity index (χ0v) is 17.7. The van der Waals surface area contributed by atoms with E-state index in [0.717, 1.165) is 5.69 Å². The summed E-state index contributed by atoms with van der Waals surface area (Å²) in [7, 11) is 1.56. The second-order valence-corrected chi connectivity index (χ2v) is 5.87. The fourth-order valence-electron chi connectivity index (χ4n) is 1.95. The Morgan fingerprint density at radius 2 is 1.88 bits per heavy atom. The van der Waals surface area contributed by atoms with Gasteiger partial charge in [0.05, 0.1) is 23.7 Å². The van der Waals surface area contributed by atoms with Crippen LogP contribution in [-0.4, -0.2) is 25.7 Å². The van der Waals surface area contributed by atoms with Crippen LogP contribution in [0.2, 0.25) is 10.0 Å². The molecule has 25 heavy (non-hydrogen) atoms. The van der Waals surface area contributed by atoms with E-state index >= 15 is 0 Å². The molecule has 3 N–H and O–H groups in total. The SMILES string of the molecule is COc1ccc(NC(N)=NCC(C)Oc2ccccc2Cl)cc1Cl.I. The number of benzene rings is 2. The van der Waals surface area contributed by atoms with Gasteiger partial charge in [-0.3, -0.25) is 0 Å². The van der Waals surface area contributed by atoms with Crippen molar-refractivity contribution in [1.82, 2.24) is 0 Å². The Hall–Kier alpha value is -1.38. The van der Waals surface area contributed by atoms with Crippen LogP contribution in [0.3, 0.4) is 0 Å². The van der Waals surface area contributed by atoms with Gasteiger partial charge in [0, 0.05) is 5.69 Å². The molecular formula is C17H20Cl2IN3O2. The van der Waals surface area contributed by atoms with Gasteiger partial charge in [-0.25, -0.2) is 4.99 Å². The van der Waals surface area contributed by atoms with Crippen LogP contribution in [0.4, 0.5) is 5.69 Å². The molecule has 1 atom stereocenters. The van der Waals surface area contributed by atoms with Crippen LogP contribution in [0.1, 0.15) is 6.92 Å². The quantitative estimate of drug-likeness (QED) is 0.342. The van der Waals surface area contributed by atoms with E-state index in [0.29, 0.717) is 28.1 Å². The minimum atomic E-state index is -0.176. The highest BCUT2D eigenvalue weighted by atomic mass is 127. The maximum Gasteiger partial charge on any atom is 0.193 e. The number of nitrogens with one attached hydrogen (secondary N) is 1. The highest BCUT2D eigenvalue weighted by Gasteiger charge is 2.07. The van der Waals surface area contributed by atoms with Crippen LogP contribution in [0.25, 0.3) is 0 Å². The minimum Gasteiger partial charge on any atom is -0.495 e. The molecule has 2 rings (SSSR count). The fourth-order valence-corrected chi connectivity index (χ4v) is 2.39. The molecule has 0 bridgehead atoms. The molecule has 0 saturated carbocycles. The van der Waals surface area contributed by atoms with Crippen molar-refractivity contribution in [2.75, 3.05) is 19.0 Å². The van der Waals surface area contributed by atoms with Crippen molar-refractivity contribution < 1.29 is 9.47 Å². The maximum atomic E-state index is 6.07. The second kappa shape index (κ2) is 10.6. The lowest BCUT2D eigenvalue weighted by Gasteiger charge is -2.14. The van der Waals surface area contributed by atoms with Crippen LogP contribution in [0, 0.1) is 0 Å². The lowest BCUT2D eigenvalue weighted by Crippen LogP contribution is -2.25. The summed E-state index contributed by atoms with van der Waals surface area (Å²) in [6.45, 7) is 2.28. The topological polar surface area (TPSA) is 68.9 Å². The molecule has 2 aromatic rings. The number of anilines is 1. The molecule has 0 amide bonds. The molecule has 0 spiro atoms. The van der Waals surface area contributed by atoms with E-state index in [1.54, 1.807) is 31.4 Å². The summed E-state index contributed by atoms with van der Waals surface area (Å²) in [5.74, 6) is 1.49. The van der Waals surface area contributed by atoms with Gasteiger partial charge in [0.1, 0.15) is 17.6 Å². The van der Waals surface area contributed by atoms with Gasteiger partial charge in [0.2, 0.25) is 0 Å². The number of hydrogen-bond acceptors (Lipinski definition) is 3. The molecule has 0 aliphatic carbocycles. The molecule has 0 radical (unpaired) electrons. The predicted octanol–water partition coefficient (Wildman–Crippen LogP) is 4.81. The largest absolute Gasteiger partial charge is 0.495 e. The number of halogens is 3. The summed E-state index contributed by atoms with van der Waals surface area (Å²) in [6.07, 6.45) is -0.176. The third kappa shape index (κ3) is 6.80. The standard InChI is InChI=1S/C17H19Cl2N3O2.HI/c1-11(24-16-6-4-3-5-13(16)18)10-21-17(20)22-12-7-8-15(23-2)14(19)9-12;/h3-9,11H,10H2,1-2H3,(H3,20,21,22);1H. The van der Waals surface area contributed by atoms with Gasteiger partial charge >= 0.3 is 0 Å². The lowest BCUT2D eigenvalue weighted by atomic mass is 10.3. The van der Waals surface area contributed by atoms with Crippen molar-refractivity contribution >= 4 is 58.8 Å². The van der Waals surface area contributed by atoms with Crippen LogP contribution < -0.4 is 20.5 Å². The summed E-state index contributed by atoms with van der Waals surface area (Å²) in [5.41, 5.74) is 6.60. The number of ether oxygens (including phenoxy) is 2. The van der Waals surface area contributed by atoms with E-state index in [1.807, 2.05) is 25.1 Å². The maximum absolute atomic E-state index is 6.07. The molecule has 2 aromatic carbocycles. The van der Waals surface area contributed by atoms with Gasteiger partial charge in [-0.05, 0) is 37.3 Å². The molecule has 0 aliphatic rings. The monoisotopic (exact) mass is 495 g/mol. The molecule has 5 nitrogen and oxygen atoms in total. The first kappa shape index (κ1) is 21.7. The first-order valence-electron chi connectivity index (χ1n) is 7.31. The number of rotatable bonds is 6. The average Bonchev–Trinajstić information content (AvgIpc) is 2.55. The number of para-hydroxylation sites is 1. The van der Waals surface area contributed by atoms with Crippen LogP contribution in [0.15, 0.2) is 47.5 Å². The molecule has 0 heterocycles. The van der Waals surface area contributed by atoms with E-state index in [4.69, 9.17) is 38.4 Å². The van der Waals surface area contributed by atoms with E-state index in [1.165, 1.54) is 0 Å². The molecule has 0 fully saturated rings. The number of hydrogen-bond donors (Lipinski definition) is 2. The Bertz CT molecular complexity index is 729. The van der Waals surface area contributed by atoms with E-state index in [9.17, 15) is 0 Å². The first-order chi connectivity index (χ1) is 11.5. The van der Waals surface area contributed by atoms with E-state index in [-0.39, 0.29) is 36.0 Å². The first-order valence-corrected chi connectivity index (χ1v) is 8.07. The van der Waals surface area contributed by atoms with Crippen molar-refractivity contribution in [3.05, 3.63) is 52.5 Å². The zero-order valence-electron chi connectivity index (χ0n) is 13.8. The molecular weight excluding hydrogens is 476 g/mol. The third-order valence-corrected chi connectivity index (χ3v) is 3.72. The van der Waals surface area contributed by atoms with E-state index < -0.39 is 0 Å². The van der Waals surface area contributed by atoms with Crippen molar-refractivity contribution in [3.8, 4) is 11.5 Å². The minimum absolute atomic E-state index is 0. The van der Waals surface area contributed by atoms with Gasteiger partial charge < -0.3 is 20.5 Å². The van der Waals surface area contributed by atoms with Gasteiger partial charge in [-0.2, -0.15) is 0 Å². The average molecular weight is 496 g/mol. The van der Waals surface area contributed by atoms with Crippen LogP contribution in [-0.2, 0) is 0 Å². The highest BCUT2D eigenvalue weighted by molar-refractivity contribution is 14.0. The Morgan fingerprint density at radius 1 is 1.16 bits per heavy atom. The predicted molar refractivity (Wildman–Crippen MR) is 115 cm³/mol. The highest BCUT2D eigenvalue weighted by Crippen LogP contribution is 2.27. The van der Waals surface area contributed by atoms with Crippen molar-refractivity contribution in [2.45, 2.75) is 13.0 Å². The number of aliphatic imine (C=N–C) groups is 1. The van der Waals surface area contributed by atoms with Gasteiger partial charge in [0.25, 0.3) is 0 Å². The molecule has 0 saturated heterocycles. The Kier molecular flexibility index (Phi) is 9.16. The van der Waals surface area contributed by atoms with Gasteiger partial charge in [0.15, 0.2) is 5.96 Å².